The molecule has 1 N–H and O–H groups in total. The number of carbonyl (C=O) groups excluding carboxylic acids is 1. The fourth-order valence-corrected chi connectivity index (χ4v) is 1.04. The summed E-state index contributed by atoms with van der Waals surface area (Å²) < 4.78 is 0. The molecule has 0 atom stereocenters. The van der Waals surface area contributed by atoms with Crippen molar-refractivity contribution in [3.63, 3.8) is 0 Å². The van der Waals surface area contributed by atoms with E-state index in [1.165, 1.54) is 7.11 Å². The second-order valence-electron chi connectivity index (χ2n) is 2.79. The highest BCUT2D eigenvalue weighted by molar-refractivity contribution is 5.69. The molecule has 1 aromatic carbocycles. The first-order chi connectivity index (χ1) is 7.72. The van der Waals surface area contributed by atoms with Crippen LogP contribution in [0.25, 0.3) is 0 Å². The molecule has 4 heteroatoms. The average molecular weight is 226 g/mol. The Morgan fingerprint density at radius 3 is 2.31 bits per heavy atom. The third-order valence-corrected chi connectivity index (χ3v) is 1.73. The summed E-state index contributed by atoms with van der Waals surface area (Å²) in [5.41, 5.74) is 0.968. The molecule has 1 rings (SSSR count). The van der Waals surface area contributed by atoms with Gasteiger partial charge in [-0.2, -0.15) is 4.89 Å². The zero-order valence-electron chi connectivity index (χ0n) is 9.90. The quantitative estimate of drug-likeness (QED) is 0.633. The Morgan fingerprint density at radius 2 is 1.81 bits per heavy atom. The molecule has 0 aliphatic heterocycles. The van der Waals surface area contributed by atoms with E-state index >= 15 is 0 Å². The van der Waals surface area contributed by atoms with Crippen molar-refractivity contribution < 1.29 is 19.7 Å². The van der Waals surface area contributed by atoms with E-state index in [1.54, 1.807) is 24.3 Å². The van der Waals surface area contributed by atoms with Gasteiger partial charge in [-0.1, -0.05) is 26.0 Å². The number of phenols is 1. The van der Waals surface area contributed by atoms with Gasteiger partial charge in [0, 0.05) is 0 Å². The molecule has 16 heavy (non-hydrogen) atoms. The van der Waals surface area contributed by atoms with Gasteiger partial charge in [-0.15, -0.1) is 0 Å². The zero-order chi connectivity index (χ0) is 12.4. The van der Waals surface area contributed by atoms with E-state index in [0.29, 0.717) is 6.42 Å². The van der Waals surface area contributed by atoms with Crippen LogP contribution in [0.5, 0.6) is 5.75 Å². The van der Waals surface area contributed by atoms with Crippen LogP contribution in [-0.4, -0.2) is 18.2 Å². The average Bonchev–Trinajstić information content (AvgIpc) is 2.31. The molecule has 0 bridgehead atoms. The standard InChI is InChI=1S/C10H12O4.C2H6/c1-13-14-10(12)7-4-8-2-5-9(11)6-3-8;1-2/h2-3,5-6,11H,4,7H2,1H3;1-2H3. The van der Waals surface area contributed by atoms with Gasteiger partial charge in [0.05, 0.1) is 13.5 Å². The minimum atomic E-state index is -0.402. The molecule has 1 aromatic rings. The first-order valence-corrected chi connectivity index (χ1v) is 5.24. The van der Waals surface area contributed by atoms with E-state index in [4.69, 9.17) is 5.11 Å². The maximum absolute atomic E-state index is 10.9. The molecular formula is C12H18O4. The summed E-state index contributed by atoms with van der Waals surface area (Å²) in [6, 6.07) is 6.68. The topological polar surface area (TPSA) is 55.8 Å². The highest BCUT2D eigenvalue weighted by Crippen LogP contribution is 2.11. The van der Waals surface area contributed by atoms with Gasteiger partial charge < -0.3 is 5.11 Å². The highest BCUT2D eigenvalue weighted by atomic mass is 17.2. The van der Waals surface area contributed by atoms with Gasteiger partial charge in [0.1, 0.15) is 5.75 Å². The zero-order valence-corrected chi connectivity index (χ0v) is 9.90. The van der Waals surface area contributed by atoms with E-state index in [9.17, 15) is 4.79 Å². The largest absolute Gasteiger partial charge is 0.508 e. The van der Waals surface area contributed by atoms with E-state index < -0.39 is 5.97 Å². The van der Waals surface area contributed by atoms with Crippen LogP contribution in [-0.2, 0) is 21.0 Å². The number of benzene rings is 1. The Balaban J connectivity index is 0.00000106. The minimum absolute atomic E-state index is 0.216. The molecule has 0 unspecified atom stereocenters. The predicted molar refractivity (Wildman–Crippen MR) is 60.9 cm³/mol. The van der Waals surface area contributed by atoms with Crippen LogP contribution in [0.3, 0.4) is 0 Å². The molecule has 0 aromatic heterocycles. The number of carbonyl (C=O) groups is 1. The number of rotatable bonds is 4. The molecule has 0 amide bonds. The highest BCUT2D eigenvalue weighted by Gasteiger charge is 2.03. The SMILES string of the molecule is CC.COOC(=O)CCc1ccc(O)cc1. The smallest absolute Gasteiger partial charge is 0.342 e. The molecule has 0 aliphatic carbocycles. The number of aromatic hydroxyl groups is 1. The number of hydrogen-bond acceptors (Lipinski definition) is 4. The second-order valence-corrected chi connectivity index (χ2v) is 2.79. The van der Waals surface area contributed by atoms with Gasteiger partial charge in [0.25, 0.3) is 0 Å². The summed E-state index contributed by atoms with van der Waals surface area (Å²) in [7, 11) is 1.29. The van der Waals surface area contributed by atoms with Crippen molar-refractivity contribution in [1.29, 1.82) is 0 Å². The van der Waals surface area contributed by atoms with Gasteiger partial charge in [0.15, 0.2) is 0 Å². The van der Waals surface area contributed by atoms with Crippen molar-refractivity contribution >= 4 is 5.97 Å². The van der Waals surface area contributed by atoms with Gasteiger partial charge in [-0.3, -0.25) is 4.89 Å². The first kappa shape index (κ1) is 14.5. The summed E-state index contributed by atoms with van der Waals surface area (Å²) in [5, 5.41) is 9.01. The fourth-order valence-electron chi connectivity index (χ4n) is 1.04. The molecular weight excluding hydrogens is 208 g/mol. The summed E-state index contributed by atoms with van der Waals surface area (Å²) >= 11 is 0. The minimum Gasteiger partial charge on any atom is -0.508 e. The molecule has 0 spiro atoms. The molecule has 0 heterocycles. The van der Waals surface area contributed by atoms with Crippen LogP contribution in [0.2, 0.25) is 0 Å². The summed E-state index contributed by atoms with van der Waals surface area (Å²) in [5.74, 6) is -0.186. The Labute approximate surface area is 95.7 Å². The van der Waals surface area contributed by atoms with Crippen molar-refractivity contribution in [2.24, 2.45) is 0 Å². The van der Waals surface area contributed by atoms with E-state index in [0.717, 1.165) is 5.56 Å². The molecule has 0 radical (unpaired) electrons. The lowest BCUT2D eigenvalue weighted by atomic mass is 10.1. The molecule has 0 saturated heterocycles. The molecule has 0 fully saturated rings. The maximum atomic E-state index is 10.9. The van der Waals surface area contributed by atoms with Gasteiger partial charge in [-0.25, -0.2) is 4.79 Å². The summed E-state index contributed by atoms with van der Waals surface area (Å²) in [6.07, 6.45) is 0.834. The number of phenolic OH excluding ortho intramolecular Hbond substituents is 1. The van der Waals surface area contributed by atoms with E-state index in [-0.39, 0.29) is 12.2 Å². The Kier molecular flexibility index (Phi) is 7.89. The monoisotopic (exact) mass is 226 g/mol. The normalized spacial score (nSPS) is 8.94. The van der Waals surface area contributed by atoms with Crippen molar-refractivity contribution in [3.8, 4) is 5.75 Å². The molecule has 4 nitrogen and oxygen atoms in total. The Bertz CT molecular complexity index is 292. The predicted octanol–water partition coefficient (Wildman–Crippen LogP) is 2.46. The molecule has 0 saturated carbocycles. The Morgan fingerprint density at radius 1 is 1.25 bits per heavy atom. The third kappa shape index (κ3) is 6.03. The fraction of sp³-hybridized carbons (Fsp3) is 0.417. The van der Waals surface area contributed by atoms with Crippen LogP contribution >= 0.6 is 0 Å². The first-order valence-electron chi connectivity index (χ1n) is 5.24. The van der Waals surface area contributed by atoms with E-state index in [2.05, 4.69) is 9.78 Å². The Hall–Kier alpha value is -1.55. The lowest BCUT2D eigenvalue weighted by Crippen LogP contribution is -2.04. The van der Waals surface area contributed by atoms with Crippen LogP contribution in [0.15, 0.2) is 24.3 Å². The molecule has 90 valence electrons. The van der Waals surface area contributed by atoms with Crippen molar-refractivity contribution in [1.82, 2.24) is 0 Å². The van der Waals surface area contributed by atoms with Gasteiger partial charge in [-0.05, 0) is 24.1 Å². The lowest BCUT2D eigenvalue weighted by molar-refractivity contribution is -0.254. The van der Waals surface area contributed by atoms with E-state index in [1.807, 2.05) is 13.8 Å². The van der Waals surface area contributed by atoms with Crippen LogP contribution in [0, 0.1) is 0 Å². The van der Waals surface area contributed by atoms with Crippen molar-refractivity contribution in [2.45, 2.75) is 26.7 Å². The van der Waals surface area contributed by atoms with Crippen LogP contribution in [0.4, 0.5) is 0 Å². The number of aryl methyl sites for hydroxylation is 1. The van der Waals surface area contributed by atoms with Crippen LogP contribution in [0.1, 0.15) is 25.8 Å². The van der Waals surface area contributed by atoms with Gasteiger partial charge in [0.2, 0.25) is 0 Å². The number of hydrogen-bond donors (Lipinski definition) is 1. The molecule has 0 aliphatic rings. The van der Waals surface area contributed by atoms with Crippen molar-refractivity contribution in [3.05, 3.63) is 29.8 Å². The lowest BCUT2D eigenvalue weighted by Gasteiger charge is -2.00. The van der Waals surface area contributed by atoms with Crippen LogP contribution < -0.4 is 0 Å². The van der Waals surface area contributed by atoms with Crippen molar-refractivity contribution in [2.75, 3.05) is 7.11 Å². The summed E-state index contributed by atoms with van der Waals surface area (Å²) in [4.78, 5) is 19.4. The third-order valence-electron chi connectivity index (χ3n) is 1.73. The second kappa shape index (κ2) is 8.73. The summed E-state index contributed by atoms with van der Waals surface area (Å²) in [6.45, 7) is 4.00. The maximum Gasteiger partial charge on any atom is 0.342 e. The van der Waals surface area contributed by atoms with Gasteiger partial charge >= 0.3 is 5.97 Å².